The minimum Gasteiger partial charge on any atom is -0.391 e. The van der Waals surface area contributed by atoms with Crippen LogP contribution in [0.15, 0.2) is 61.3 Å². The maximum Gasteiger partial charge on any atom is 0.246 e. The predicted octanol–water partition coefficient (Wildman–Crippen LogP) is 4.65. The predicted molar refractivity (Wildman–Crippen MR) is 122 cm³/mol. The first-order valence-electron chi connectivity index (χ1n) is 10.7. The molecule has 0 unspecified atom stereocenters. The first kappa shape index (κ1) is 21.7. The van der Waals surface area contributed by atoms with Gasteiger partial charge in [-0.25, -0.2) is 5.06 Å². The van der Waals surface area contributed by atoms with Gasteiger partial charge in [-0.3, -0.25) is 10.0 Å². The summed E-state index contributed by atoms with van der Waals surface area (Å²) in [6.45, 7) is 6.70. The minimum absolute atomic E-state index is 0.179. The fourth-order valence-corrected chi connectivity index (χ4v) is 3.60. The third-order valence-corrected chi connectivity index (χ3v) is 5.31. The minimum atomic E-state index is -0.281. The highest BCUT2D eigenvalue weighted by atomic mass is 16.5. The topological polar surface area (TPSA) is 67.8 Å². The summed E-state index contributed by atoms with van der Waals surface area (Å²) in [5, 5.41) is 17.1. The van der Waals surface area contributed by atoms with Gasteiger partial charge in [0.15, 0.2) is 0 Å². The first-order chi connectivity index (χ1) is 14.7. The van der Waals surface area contributed by atoms with E-state index >= 15 is 0 Å². The molecule has 1 fully saturated rings. The third-order valence-electron chi connectivity index (χ3n) is 5.31. The number of nitrogens with one attached hydrogen (secondary N) is 2. The van der Waals surface area contributed by atoms with Gasteiger partial charge >= 0.3 is 0 Å². The number of carbonyl (C=O) groups is 1. The van der Waals surface area contributed by atoms with Crippen molar-refractivity contribution in [2.75, 3.05) is 29.9 Å². The lowest BCUT2D eigenvalue weighted by molar-refractivity contribution is -0.168. The summed E-state index contributed by atoms with van der Waals surface area (Å²) in [6, 6.07) is 16.3. The molecule has 2 aromatic rings. The molecule has 0 bridgehead atoms. The summed E-state index contributed by atoms with van der Waals surface area (Å²) in [4.78, 5) is 14.4. The Morgan fingerprint density at radius 2 is 1.67 bits per heavy atom. The molecule has 0 radical (unpaired) electrons. The van der Waals surface area contributed by atoms with Gasteiger partial charge in [0.2, 0.25) is 5.91 Å². The van der Waals surface area contributed by atoms with E-state index in [0.717, 1.165) is 35.1 Å². The monoisotopic (exact) mass is 408 g/mol. The molecule has 0 aliphatic carbocycles. The molecular weight excluding hydrogens is 376 g/mol. The summed E-state index contributed by atoms with van der Waals surface area (Å²) in [6.07, 6.45) is 6.43. The SMILES string of the molecule is C=CNCCCC(=O)N(O)Cc1ccc(Nc2ccc(N3CCCCC3)cc2)cc1. The number of rotatable bonds is 10. The van der Waals surface area contributed by atoms with Crippen LogP contribution in [0.3, 0.4) is 0 Å². The number of anilines is 3. The number of benzene rings is 2. The van der Waals surface area contributed by atoms with Crippen LogP contribution in [0.1, 0.15) is 37.7 Å². The molecule has 160 valence electrons. The van der Waals surface area contributed by atoms with Gasteiger partial charge in [0, 0.05) is 43.1 Å². The van der Waals surface area contributed by atoms with Crippen molar-refractivity contribution in [1.82, 2.24) is 10.4 Å². The number of carbonyl (C=O) groups excluding carboxylic acids is 1. The number of hydrogen-bond donors (Lipinski definition) is 3. The van der Waals surface area contributed by atoms with Crippen molar-refractivity contribution in [3.05, 3.63) is 66.9 Å². The fourth-order valence-electron chi connectivity index (χ4n) is 3.60. The molecule has 1 heterocycles. The molecule has 3 rings (SSSR count). The molecular formula is C24H32N4O2. The summed E-state index contributed by atoms with van der Waals surface area (Å²) >= 11 is 0. The van der Waals surface area contributed by atoms with E-state index < -0.39 is 0 Å². The van der Waals surface area contributed by atoms with Crippen LogP contribution in [0.2, 0.25) is 0 Å². The number of hydrogen-bond acceptors (Lipinski definition) is 5. The molecule has 1 aliphatic heterocycles. The number of hydroxylamine groups is 2. The Bertz CT molecular complexity index is 799. The van der Waals surface area contributed by atoms with Crippen molar-refractivity contribution in [3.8, 4) is 0 Å². The fraction of sp³-hybridized carbons (Fsp3) is 0.375. The van der Waals surface area contributed by atoms with E-state index in [0.29, 0.717) is 19.4 Å². The van der Waals surface area contributed by atoms with Crippen LogP contribution in [0.25, 0.3) is 0 Å². The van der Waals surface area contributed by atoms with Gasteiger partial charge in [0.05, 0.1) is 6.54 Å². The molecule has 6 heteroatoms. The van der Waals surface area contributed by atoms with Gasteiger partial charge in [-0.15, -0.1) is 0 Å². The van der Waals surface area contributed by atoms with E-state index in [9.17, 15) is 10.0 Å². The molecule has 6 nitrogen and oxygen atoms in total. The Hall–Kier alpha value is -2.99. The number of nitrogens with zero attached hydrogens (tertiary/aromatic N) is 2. The second-order valence-electron chi connectivity index (χ2n) is 7.63. The van der Waals surface area contributed by atoms with Crippen molar-refractivity contribution in [2.24, 2.45) is 0 Å². The van der Waals surface area contributed by atoms with E-state index in [1.54, 1.807) is 6.20 Å². The Morgan fingerprint density at radius 3 is 2.30 bits per heavy atom. The standard InChI is InChI=1S/C24H32N4O2/c1-2-25-16-6-7-24(29)28(30)19-20-8-10-21(11-9-20)26-22-12-14-23(15-13-22)27-17-4-3-5-18-27/h2,8-15,25-26,30H,1,3-7,16-19H2. The molecule has 3 N–H and O–H groups in total. The highest BCUT2D eigenvalue weighted by Gasteiger charge is 2.12. The number of amides is 1. The van der Waals surface area contributed by atoms with Gasteiger partial charge < -0.3 is 15.5 Å². The highest BCUT2D eigenvalue weighted by molar-refractivity contribution is 5.74. The summed E-state index contributed by atoms with van der Waals surface area (Å²) in [5.74, 6) is -0.281. The molecule has 2 aromatic carbocycles. The Morgan fingerprint density at radius 1 is 1.03 bits per heavy atom. The first-order valence-corrected chi connectivity index (χ1v) is 10.7. The van der Waals surface area contributed by atoms with E-state index in [4.69, 9.17) is 0 Å². The smallest absolute Gasteiger partial charge is 0.246 e. The van der Waals surface area contributed by atoms with Gasteiger partial charge in [-0.2, -0.15) is 0 Å². The van der Waals surface area contributed by atoms with Gasteiger partial charge in [0.25, 0.3) is 0 Å². The van der Waals surface area contributed by atoms with Gasteiger partial charge in [0.1, 0.15) is 0 Å². The summed E-state index contributed by atoms with van der Waals surface area (Å²) in [5.41, 5.74) is 4.16. The lowest BCUT2D eigenvalue weighted by Crippen LogP contribution is -2.29. The molecule has 30 heavy (non-hydrogen) atoms. The van der Waals surface area contributed by atoms with Crippen LogP contribution in [0.5, 0.6) is 0 Å². The van der Waals surface area contributed by atoms with Crippen LogP contribution in [-0.2, 0) is 11.3 Å². The molecule has 0 atom stereocenters. The van der Waals surface area contributed by atoms with Gasteiger partial charge in [-0.05, 0) is 73.8 Å². The van der Waals surface area contributed by atoms with Crippen molar-refractivity contribution in [1.29, 1.82) is 0 Å². The Labute approximate surface area is 179 Å². The van der Waals surface area contributed by atoms with Crippen LogP contribution in [0, 0.1) is 0 Å². The van der Waals surface area contributed by atoms with Crippen LogP contribution in [-0.4, -0.2) is 35.8 Å². The molecule has 0 spiro atoms. The van der Waals surface area contributed by atoms with Crippen molar-refractivity contribution >= 4 is 23.0 Å². The van der Waals surface area contributed by atoms with Crippen molar-refractivity contribution in [2.45, 2.75) is 38.6 Å². The summed E-state index contributed by atoms with van der Waals surface area (Å²) < 4.78 is 0. The van der Waals surface area contributed by atoms with E-state index in [1.165, 1.54) is 24.9 Å². The summed E-state index contributed by atoms with van der Waals surface area (Å²) in [7, 11) is 0. The maximum absolute atomic E-state index is 12.0. The van der Waals surface area contributed by atoms with Crippen LogP contribution in [0.4, 0.5) is 17.1 Å². The van der Waals surface area contributed by atoms with Gasteiger partial charge in [-0.1, -0.05) is 18.7 Å². The normalized spacial score (nSPS) is 13.6. The van der Waals surface area contributed by atoms with E-state index in [-0.39, 0.29) is 12.5 Å². The quantitative estimate of drug-likeness (QED) is 0.303. The lowest BCUT2D eigenvalue weighted by atomic mass is 10.1. The number of piperidine rings is 1. The molecule has 1 aliphatic rings. The second-order valence-corrected chi connectivity index (χ2v) is 7.63. The maximum atomic E-state index is 12.0. The zero-order valence-corrected chi connectivity index (χ0v) is 17.5. The second kappa shape index (κ2) is 11.3. The highest BCUT2D eigenvalue weighted by Crippen LogP contribution is 2.24. The molecule has 1 amide bonds. The third kappa shape index (κ3) is 6.52. The zero-order chi connectivity index (χ0) is 21.2. The average Bonchev–Trinajstić information content (AvgIpc) is 2.79. The van der Waals surface area contributed by atoms with Crippen molar-refractivity contribution < 1.29 is 10.0 Å². The largest absolute Gasteiger partial charge is 0.391 e. The Kier molecular flexibility index (Phi) is 8.15. The molecule has 0 saturated carbocycles. The Balaban J connectivity index is 1.48. The van der Waals surface area contributed by atoms with E-state index in [2.05, 4.69) is 46.4 Å². The van der Waals surface area contributed by atoms with Crippen LogP contribution < -0.4 is 15.5 Å². The molecule has 0 aromatic heterocycles. The lowest BCUT2D eigenvalue weighted by Gasteiger charge is -2.28. The van der Waals surface area contributed by atoms with E-state index in [1.807, 2.05) is 24.3 Å². The zero-order valence-electron chi connectivity index (χ0n) is 17.5. The molecule has 1 saturated heterocycles. The average molecular weight is 409 g/mol. The van der Waals surface area contributed by atoms with Crippen LogP contribution >= 0.6 is 0 Å². The van der Waals surface area contributed by atoms with Crippen molar-refractivity contribution in [3.63, 3.8) is 0 Å².